The van der Waals surface area contributed by atoms with Crippen LogP contribution in [0.4, 0.5) is 5.69 Å². The number of hydrogen-bond acceptors (Lipinski definition) is 4. The van der Waals surface area contributed by atoms with Gasteiger partial charge in [-0.2, -0.15) is 0 Å². The lowest BCUT2D eigenvalue weighted by molar-refractivity contribution is -0.124. The molecule has 0 radical (unpaired) electrons. The second-order valence-electron chi connectivity index (χ2n) is 10.4. The van der Waals surface area contributed by atoms with E-state index in [-0.39, 0.29) is 40.2 Å². The third-order valence-corrected chi connectivity index (χ3v) is 7.39. The van der Waals surface area contributed by atoms with E-state index in [9.17, 15) is 19.8 Å². The summed E-state index contributed by atoms with van der Waals surface area (Å²) >= 11 is 1.14. The lowest BCUT2D eigenvalue weighted by Gasteiger charge is -2.39. The molecule has 0 unspecified atom stereocenters. The second-order valence-corrected chi connectivity index (χ2v) is 11.4. The molecule has 1 amide bonds. The highest BCUT2D eigenvalue weighted by Crippen LogP contribution is 2.39. The summed E-state index contributed by atoms with van der Waals surface area (Å²) in [6.45, 7) is 10.2. The maximum absolute atomic E-state index is 13.9. The van der Waals surface area contributed by atoms with Crippen molar-refractivity contribution in [3.8, 4) is 11.8 Å². The highest BCUT2D eigenvalue weighted by Gasteiger charge is 2.38. The number of nitrogens with zero attached hydrogens (tertiary/aromatic N) is 1. The number of amides is 1. The molecule has 0 bridgehead atoms. The molecule has 32 heavy (non-hydrogen) atoms. The molecule has 1 fully saturated rings. The lowest BCUT2D eigenvalue weighted by atomic mass is 9.79. The van der Waals surface area contributed by atoms with E-state index in [2.05, 4.69) is 31.8 Å². The lowest BCUT2D eigenvalue weighted by Crippen LogP contribution is -2.48. The first-order chi connectivity index (χ1) is 15.0. The van der Waals surface area contributed by atoms with Gasteiger partial charge in [0.2, 0.25) is 5.91 Å². The molecule has 6 heteroatoms. The van der Waals surface area contributed by atoms with Gasteiger partial charge in [-0.15, -0.1) is 11.3 Å². The van der Waals surface area contributed by atoms with Crippen molar-refractivity contribution in [1.29, 1.82) is 0 Å². The molecule has 0 spiro atoms. The number of carbonyl (C=O) groups is 2. The summed E-state index contributed by atoms with van der Waals surface area (Å²) in [5.41, 5.74) is 1.56. The van der Waals surface area contributed by atoms with Crippen LogP contribution in [-0.2, 0) is 4.79 Å². The summed E-state index contributed by atoms with van der Waals surface area (Å²) in [5.74, 6) is 5.29. The highest BCUT2D eigenvalue weighted by atomic mass is 32.1. The van der Waals surface area contributed by atoms with Crippen LogP contribution in [0.1, 0.15) is 87.7 Å². The first kappa shape index (κ1) is 24.5. The Morgan fingerprint density at radius 2 is 1.84 bits per heavy atom. The molecule has 2 aliphatic carbocycles. The molecule has 174 valence electrons. The molecule has 2 aliphatic rings. The Morgan fingerprint density at radius 3 is 2.41 bits per heavy atom. The number of aromatic carboxylic acids is 1. The largest absolute Gasteiger partial charge is 0.477 e. The van der Waals surface area contributed by atoms with Crippen molar-refractivity contribution in [2.75, 3.05) is 4.90 Å². The Kier molecular flexibility index (Phi) is 7.52. The van der Waals surface area contributed by atoms with Crippen LogP contribution < -0.4 is 4.90 Å². The predicted octanol–water partition coefficient (Wildman–Crippen LogP) is 5.47. The van der Waals surface area contributed by atoms with Gasteiger partial charge in [0, 0.05) is 17.4 Å². The van der Waals surface area contributed by atoms with E-state index in [1.807, 2.05) is 20.8 Å². The fourth-order valence-electron chi connectivity index (χ4n) is 4.65. The van der Waals surface area contributed by atoms with Crippen LogP contribution in [0, 0.1) is 29.1 Å². The van der Waals surface area contributed by atoms with Gasteiger partial charge in [-0.1, -0.05) is 30.4 Å². The smallest absolute Gasteiger partial charge is 0.348 e. The standard InChI is InChI=1S/C26H35NO4S/c1-16-6-11-21(17(2)14-16)24(29)27(18-7-9-19(28)10-8-18)22-15-20(12-13-26(3,4)5)32-23(22)25(30)31/h6,15,17-19,21,28H,7-11,14H2,1-5H3,(H,30,31)/t17-,18-,19-,21+/m0/s1. The first-order valence-corrected chi connectivity index (χ1v) is 12.3. The molecule has 2 atom stereocenters. The molecule has 1 aromatic rings. The number of aliphatic hydroxyl groups is 1. The minimum atomic E-state index is -1.03. The SMILES string of the molecule is CC1=CC[C@@H](C(=O)N(c2cc(C#CC(C)(C)C)sc2C(=O)O)[C@H]2CC[C@H](O)CC2)[C@@H](C)C1. The van der Waals surface area contributed by atoms with Gasteiger partial charge in [0.1, 0.15) is 4.88 Å². The highest BCUT2D eigenvalue weighted by molar-refractivity contribution is 7.15. The Bertz CT molecular complexity index is 951. The fraction of sp³-hybridized carbons (Fsp3) is 0.615. The van der Waals surface area contributed by atoms with Crippen LogP contribution in [0.25, 0.3) is 0 Å². The number of carbonyl (C=O) groups excluding carboxylic acids is 1. The Labute approximate surface area is 195 Å². The number of hydrogen-bond donors (Lipinski definition) is 2. The average molecular weight is 458 g/mol. The van der Waals surface area contributed by atoms with Crippen molar-refractivity contribution >= 4 is 28.9 Å². The van der Waals surface area contributed by atoms with Crippen LogP contribution in [0.15, 0.2) is 17.7 Å². The van der Waals surface area contributed by atoms with Crippen LogP contribution in [0.5, 0.6) is 0 Å². The van der Waals surface area contributed by atoms with Gasteiger partial charge in [-0.25, -0.2) is 4.79 Å². The predicted molar refractivity (Wildman–Crippen MR) is 129 cm³/mol. The summed E-state index contributed by atoms with van der Waals surface area (Å²) in [6, 6.07) is 1.67. The monoisotopic (exact) mass is 457 g/mol. The molecular weight excluding hydrogens is 422 g/mol. The minimum Gasteiger partial charge on any atom is -0.477 e. The molecule has 2 N–H and O–H groups in total. The Balaban J connectivity index is 2.04. The zero-order valence-corrected chi connectivity index (χ0v) is 20.6. The molecule has 0 aliphatic heterocycles. The third-order valence-electron chi connectivity index (χ3n) is 6.36. The third kappa shape index (κ3) is 5.82. The topological polar surface area (TPSA) is 77.8 Å². The van der Waals surface area contributed by atoms with Crippen molar-refractivity contribution in [3.63, 3.8) is 0 Å². The van der Waals surface area contributed by atoms with Gasteiger partial charge in [0.05, 0.1) is 16.7 Å². The van der Waals surface area contributed by atoms with Gasteiger partial charge in [0.25, 0.3) is 0 Å². The summed E-state index contributed by atoms with van der Waals surface area (Å²) in [7, 11) is 0. The molecule has 1 heterocycles. The number of carboxylic acids is 1. The van der Waals surface area contributed by atoms with Crippen LogP contribution >= 0.6 is 11.3 Å². The van der Waals surface area contributed by atoms with Gasteiger partial charge in [0.15, 0.2) is 0 Å². The number of aliphatic hydroxyl groups excluding tert-OH is 1. The second kappa shape index (κ2) is 9.80. The number of thiophene rings is 1. The number of allylic oxidation sites excluding steroid dienone is 2. The van der Waals surface area contributed by atoms with Crippen molar-refractivity contribution in [3.05, 3.63) is 27.5 Å². The average Bonchev–Trinajstić information content (AvgIpc) is 3.12. The number of carboxylic acid groups (broad SMARTS) is 1. The normalized spacial score (nSPS) is 26.0. The van der Waals surface area contributed by atoms with Gasteiger partial charge in [-0.05, 0) is 78.2 Å². The molecule has 3 rings (SSSR count). The molecule has 1 aromatic heterocycles. The van der Waals surface area contributed by atoms with E-state index < -0.39 is 5.97 Å². The first-order valence-electron chi connectivity index (χ1n) is 11.5. The molecular formula is C26H35NO4S. The maximum atomic E-state index is 13.9. The minimum absolute atomic E-state index is 0.00160. The molecule has 5 nitrogen and oxygen atoms in total. The Hall–Kier alpha value is -2.10. The van der Waals surface area contributed by atoms with Crippen molar-refractivity contribution in [1.82, 2.24) is 0 Å². The van der Waals surface area contributed by atoms with Crippen LogP contribution in [-0.4, -0.2) is 34.2 Å². The fourth-order valence-corrected chi connectivity index (χ4v) is 5.49. The zero-order valence-electron chi connectivity index (χ0n) is 19.8. The van der Waals surface area contributed by atoms with Crippen LogP contribution in [0.3, 0.4) is 0 Å². The summed E-state index contributed by atoms with van der Waals surface area (Å²) in [6.07, 6.45) is 5.93. The Morgan fingerprint density at radius 1 is 1.19 bits per heavy atom. The molecule has 0 saturated heterocycles. The van der Waals surface area contributed by atoms with Gasteiger partial charge in [-0.3, -0.25) is 4.79 Å². The van der Waals surface area contributed by atoms with Crippen molar-refractivity contribution in [2.24, 2.45) is 17.3 Å². The van der Waals surface area contributed by atoms with E-state index in [1.165, 1.54) is 5.57 Å². The molecule has 0 aromatic carbocycles. The van der Waals surface area contributed by atoms with E-state index in [1.54, 1.807) is 11.0 Å². The van der Waals surface area contributed by atoms with E-state index in [4.69, 9.17) is 0 Å². The van der Waals surface area contributed by atoms with Crippen molar-refractivity contribution in [2.45, 2.75) is 85.3 Å². The van der Waals surface area contributed by atoms with Crippen molar-refractivity contribution < 1.29 is 19.8 Å². The van der Waals surface area contributed by atoms with E-state index in [0.29, 0.717) is 42.7 Å². The molecule has 1 saturated carbocycles. The number of anilines is 1. The summed E-state index contributed by atoms with van der Waals surface area (Å²) < 4.78 is 0. The zero-order chi connectivity index (χ0) is 23.6. The summed E-state index contributed by atoms with van der Waals surface area (Å²) in [4.78, 5) is 28.6. The van der Waals surface area contributed by atoms with E-state index >= 15 is 0 Å². The summed E-state index contributed by atoms with van der Waals surface area (Å²) in [5, 5.41) is 20.0. The van der Waals surface area contributed by atoms with E-state index in [0.717, 1.165) is 17.8 Å². The van der Waals surface area contributed by atoms with Crippen LogP contribution in [0.2, 0.25) is 0 Å². The van der Waals surface area contributed by atoms with Gasteiger partial charge >= 0.3 is 5.97 Å². The maximum Gasteiger partial charge on any atom is 0.348 e. The quantitative estimate of drug-likeness (QED) is 0.464. The van der Waals surface area contributed by atoms with Gasteiger partial charge < -0.3 is 15.1 Å². The number of rotatable bonds is 4.